The molecule has 3 nitrogen and oxygen atoms in total. The lowest BCUT2D eigenvalue weighted by Gasteiger charge is -2.18. The van der Waals surface area contributed by atoms with Crippen LogP contribution < -0.4 is 10.2 Å². The van der Waals surface area contributed by atoms with Gasteiger partial charge in [-0.2, -0.15) is 0 Å². The van der Waals surface area contributed by atoms with Crippen LogP contribution in [0, 0.1) is 9.39 Å². The molecule has 0 saturated carbocycles. The van der Waals surface area contributed by atoms with Crippen LogP contribution in [0.15, 0.2) is 42.5 Å². The highest BCUT2D eigenvalue weighted by Gasteiger charge is 2.14. The molecule has 1 saturated heterocycles. The molecule has 0 radical (unpaired) electrons. The van der Waals surface area contributed by atoms with Crippen LogP contribution in [0.5, 0.6) is 0 Å². The first-order valence-corrected chi connectivity index (χ1v) is 8.33. The van der Waals surface area contributed by atoms with Crippen molar-refractivity contribution in [2.24, 2.45) is 0 Å². The molecule has 1 N–H and O–H groups in total. The summed E-state index contributed by atoms with van der Waals surface area (Å²) in [5.74, 6) is -0.556. The maximum Gasteiger partial charge on any atom is 0.256 e. The second-order valence-electron chi connectivity index (χ2n) is 5.32. The smallest absolute Gasteiger partial charge is 0.256 e. The molecule has 0 atom stereocenters. The molecule has 0 unspecified atom stereocenters. The predicted molar refractivity (Wildman–Crippen MR) is 95.0 cm³/mol. The highest BCUT2D eigenvalue weighted by atomic mass is 127. The highest BCUT2D eigenvalue weighted by molar-refractivity contribution is 14.1. The number of carbonyl (C=O) groups is 1. The third-order valence-corrected chi connectivity index (χ3v) is 4.64. The van der Waals surface area contributed by atoms with Crippen molar-refractivity contribution in [3.63, 3.8) is 0 Å². The monoisotopic (exact) mass is 410 g/mol. The topological polar surface area (TPSA) is 32.3 Å². The van der Waals surface area contributed by atoms with Gasteiger partial charge in [-0.3, -0.25) is 4.79 Å². The number of amides is 1. The van der Waals surface area contributed by atoms with Crippen molar-refractivity contribution >= 4 is 39.9 Å². The second-order valence-corrected chi connectivity index (χ2v) is 6.48. The maximum atomic E-state index is 13.1. The molecule has 3 rings (SSSR count). The molecule has 2 aromatic carbocycles. The van der Waals surface area contributed by atoms with Gasteiger partial charge < -0.3 is 10.2 Å². The van der Waals surface area contributed by atoms with Crippen LogP contribution >= 0.6 is 22.6 Å². The second kappa shape index (κ2) is 6.64. The molecule has 2 aromatic rings. The Morgan fingerprint density at radius 1 is 1.14 bits per heavy atom. The van der Waals surface area contributed by atoms with Crippen LogP contribution in [0.25, 0.3) is 0 Å². The average Bonchev–Trinajstić information content (AvgIpc) is 3.01. The van der Waals surface area contributed by atoms with Gasteiger partial charge in [-0.25, -0.2) is 4.39 Å². The fourth-order valence-corrected chi connectivity index (χ4v) is 3.35. The Hall–Kier alpha value is -1.63. The summed E-state index contributed by atoms with van der Waals surface area (Å²) in [6.45, 7) is 2.13. The molecule has 0 aliphatic carbocycles. The molecule has 1 aliphatic rings. The van der Waals surface area contributed by atoms with Crippen molar-refractivity contribution in [3.05, 3.63) is 57.4 Å². The Labute approximate surface area is 142 Å². The Bertz CT molecular complexity index is 699. The number of halogens is 2. The summed E-state index contributed by atoms with van der Waals surface area (Å²) in [6.07, 6.45) is 2.43. The van der Waals surface area contributed by atoms with Crippen LogP contribution in [0.4, 0.5) is 15.8 Å². The summed E-state index contributed by atoms with van der Waals surface area (Å²) >= 11 is 1.97. The van der Waals surface area contributed by atoms with Crippen molar-refractivity contribution in [2.45, 2.75) is 12.8 Å². The van der Waals surface area contributed by atoms with E-state index in [0.29, 0.717) is 9.13 Å². The zero-order valence-corrected chi connectivity index (χ0v) is 14.1. The third kappa shape index (κ3) is 3.40. The normalized spacial score (nSPS) is 14.2. The molecular formula is C17H16FIN2O. The number of carbonyl (C=O) groups excluding carboxylic acids is 1. The van der Waals surface area contributed by atoms with Crippen molar-refractivity contribution in [3.8, 4) is 0 Å². The van der Waals surface area contributed by atoms with Gasteiger partial charge in [0, 0.05) is 28.0 Å². The number of hydrogen-bond acceptors (Lipinski definition) is 2. The molecule has 5 heteroatoms. The summed E-state index contributed by atoms with van der Waals surface area (Å²) in [5.41, 5.74) is 2.37. The summed E-state index contributed by atoms with van der Waals surface area (Å²) in [4.78, 5) is 14.6. The Kier molecular flexibility index (Phi) is 4.61. The van der Waals surface area contributed by atoms with E-state index in [4.69, 9.17) is 0 Å². The Morgan fingerprint density at radius 2 is 1.91 bits per heavy atom. The van der Waals surface area contributed by atoms with Gasteiger partial charge in [0.25, 0.3) is 5.91 Å². The summed E-state index contributed by atoms with van der Waals surface area (Å²) in [5, 5.41) is 2.89. The molecule has 0 bridgehead atoms. The van der Waals surface area contributed by atoms with E-state index < -0.39 is 0 Å². The van der Waals surface area contributed by atoms with E-state index in [1.54, 1.807) is 0 Å². The standard InChI is InChI=1S/C17H16FIN2O/c18-12-6-7-15(16(19)10-12)17(22)20-13-4-3-5-14(11-13)21-8-1-2-9-21/h3-7,10-11H,1-2,8-9H2,(H,20,22). The number of nitrogens with one attached hydrogen (secondary N) is 1. The Balaban J connectivity index is 1.77. The SMILES string of the molecule is O=C(Nc1cccc(N2CCCC2)c1)c1ccc(F)cc1I. The predicted octanol–water partition coefficient (Wildman–Crippen LogP) is 4.28. The largest absolute Gasteiger partial charge is 0.371 e. The minimum atomic E-state index is -0.336. The van der Waals surface area contributed by atoms with Crippen molar-refractivity contribution in [1.82, 2.24) is 0 Å². The number of anilines is 2. The highest BCUT2D eigenvalue weighted by Crippen LogP contribution is 2.24. The molecule has 22 heavy (non-hydrogen) atoms. The van der Waals surface area contributed by atoms with Gasteiger partial charge in [0.05, 0.1) is 5.56 Å². The summed E-state index contributed by atoms with van der Waals surface area (Å²) < 4.78 is 13.7. The van der Waals surface area contributed by atoms with E-state index in [0.717, 1.165) is 24.5 Å². The first-order chi connectivity index (χ1) is 10.6. The average molecular weight is 410 g/mol. The molecule has 114 valence electrons. The quantitative estimate of drug-likeness (QED) is 0.767. The first-order valence-electron chi connectivity index (χ1n) is 7.25. The fourth-order valence-electron chi connectivity index (χ4n) is 2.63. The zero-order chi connectivity index (χ0) is 15.5. The Morgan fingerprint density at radius 3 is 2.64 bits per heavy atom. The van der Waals surface area contributed by atoms with Gasteiger partial charge in [0.2, 0.25) is 0 Å². The van der Waals surface area contributed by atoms with Crippen LogP contribution in [0.2, 0.25) is 0 Å². The van der Waals surface area contributed by atoms with Gasteiger partial charge in [-0.05, 0) is 71.8 Å². The van der Waals surface area contributed by atoms with Crippen molar-refractivity contribution < 1.29 is 9.18 Å². The van der Waals surface area contributed by atoms with Gasteiger partial charge >= 0.3 is 0 Å². The molecule has 0 aromatic heterocycles. The van der Waals surface area contributed by atoms with Crippen LogP contribution in [0.3, 0.4) is 0 Å². The molecular weight excluding hydrogens is 394 g/mol. The van der Waals surface area contributed by atoms with E-state index in [1.807, 2.05) is 40.8 Å². The van der Waals surface area contributed by atoms with E-state index in [9.17, 15) is 9.18 Å². The maximum absolute atomic E-state index is 13.1. The molecule has 1 aliphatic heterocycles. The summed E-state index contributed by atoms with van der Waals surface area (Å²) in [7, 11) is 0. The van der Waals surface area contributed by atoms with Gasteiger partial charge in [0.1, 0.15) is 5.82 Å². The van der Waals surface area contributed by atoms with Crippen LogP contribution in [-0.2, 0) is 0 Å². The van der Waals surface area contributed by atoms with Gasteiger partial charge in [0.15, 0.2) is 0 Å². The zero-order valence-electron chi connectivity index (χ0n) is 12.0. The lowest BCUT2D eigenvalue weighted by molar-refractivity contribution is 0.102. The molecule has 1 amide bonds. The van der Waals surface area contributed by atoms with Crippen molar-refractivity contribution in [2.75, 3.05) is 23.3 Å². The number of benzene rings is 2. The van der Waals surface area contributed by atoms with E-state index >= 15 is 0 Å². The number of rotatable bonds is 3. The van der Waals surface area contributed by atoms with Gasteiger partial charge in [-0.1, -0.05) is 6.07 Å². The summed E-state index contributed by atoms with van der Waals surface area (Å²) in [6, 6.07) is 12.0. The third-order valence-electron chi connectivity index (χ3n) is 3.75. The number of hydrogen-bond donors (Lipinski definition) is 1. The van der Waals surface area contributed by atoms with Crippen LogP contribution in [0.1, 0.15) is 23.2 Å². The molecule has 0 spiro atoms. The van der Waals surface area contributed by atoms with E-state index in [-0.39, 0.29) is 11.7 Å². The molecule has 1 heterocycles. The minimum Gasteiger partial charge on any atom is -0.371 e. The van der Waals surface area contributed by atoms with Crippen molar-refractivity contribution in [1.29, 1.82) is 0 Å². The molecule has 1 fully saturated rings. The van der Waals surface area contributed by atoms with E-state index in [1.165, 1.54) is 31.0 Å². The lowest BCUT2D eigenvalue weighted by atomic mass is 10.2. The van der Waals surface area contributed by atoms with E-state index in [2.05, 4.69) is 16.3 Å². The van der Waals surface area contributed by atoms with Crippen LogP contribution in [-0.4, -0.2) is 19.0 Å². The number of nitrogens with zero attached hydrogens (tertiary/aromatic N) is 1. The van der Waals surface area contributed by atoms with Gasteiger partial charge in [-0.15, -0.1) is 0 Å². The fraction of sp³-hybridized carbons (Fsp3) is 0.235. The lowest BCUT2D eigenvalue weighted by Crippen LogP contribution is -2.18. The first kappa shape index (κ1) is 15.3. The minimum absolute atomic E-state index is 0.219.